The molecule has 0 bridgehead atoms. The summed E-state index contributed by atoms with van der Waals surface area (Å²) in [6.45, 7) is 0.447. The number of methoxy groups -OCH3 is 1. The van der Waals surface area contributed by atoms with Gasteiger partial charge in [-0.1, -0.05) is 5.11 Å². The number of ether oxygens (including phenoxy) is 3. The van der Waals surface area contributed by atoms with Crippen molar-refractivity contribution in [1.82, 2.24) is 0 Å². The van der Waals surface area contributed by atoms with Gasteiger partial charge in [0.1, 0.15) is 20.7 Å². The summed E-state index contributed by atoms with van der Waals surface area (Å²) in [6, 6.07) is 0.202. The minimum Gasteiger partial charge on any atom is -0.379 e. The van der Waals surface area contributed by atoms with Crippen LogP contribution < -0.4 is 0 Å². The SMILES string of the molecule is B[C@H]1C[C@@H](OC)[C@@H](COCN=[N+]=[N-])O1. The first-order valence-corrected chi connectivity index (χ1v) is 4.54. The molecule has 0 radical (unpaired) electrons. The number of rotatable bonds is 5. The Morgan fingerprint density at radius 3 is 3.14 bits per heavy atom. The van der Waals surface area contributed by atoms with Gasteiger partial charge in [-0.05, 0) is 12.0 Å². The predicted octanol–water partition coefficient (Wildman–Crippen LogP) is 0.0339. The Balaban J connectivity index is 2.25. The van der Waals surface area contributed by atoms with Gasteiger partial charge in [0.15, 0.2) is 0 Å². The topological polar surface area (TPSA) is 76.5 Å². The van der Waals surface area contributed by atoms with E-state index in [0.717, 1.165) is 6.42 Å². The fourth-order valence-electron chi connectivity index (χ4n) is 1.55. The Bertz CT molecular complexity index is 222. The molecule has 0 unspecified atom stereocenters. The second-order valence-electron chi connectivity index (χ2n) is 3.23. The zero-order valence-electron chi connectivity index (χ0n) is 8.42. The van der Waals surface area contributed by atoms with Gasteiger partial charge in [-0.3, -0.25) is 0 Å². The molecule has 1 fully saturated rings. The van der Waals surface area contributed by atoms with Crippen LogP contribution in [0.3, 0.4) is 0 Å². The summed E-state index contributed by atoms with van der Waals surface area (Å²) in [4.78, 5) is 2.58. The van der Waals surface area contributed by atoms with Crippen LogP contribution in [0, 0.1) is 0 Å². The van der Waals surface area contributed by atoms with Gasteiger partial charge >= 0.3 is 0 Å². The van der Waals surface area contributed by atoms with Gasteiger partial charge in [0, 0.05) is 18.0 Å². The third kappa shape index (κ3) is 3.19. The van der Waals surface area contributed by atoms with Crippen molar-refractivity contribution in [2.24, 2.45) is 5.11 Å². The molecule has 1 rings (SSSR count). The van der Waals surface area contributed by atoms with Crippen LogP contribution in [-0.4, -0.2) is 46.5 Å². The normalized spacial score (nSPS) is 31.4. The number of nitrogens with zero attached hydrogens (tertiary/aromatic N) is 3. The summed E-state index contributed by atoms with van der Waals surface area (Å²) >= 11 is 0. The molecule has 0 aromatic rings. The molecule has 1 aliphatic rings. The lowest BCUT2D eigenvalue weighted by Crippen LogP contribution is -2.28. The molecular formula is C7H14BN3O3. The lowest BCUT2D eigenvalue weighted by atomic mass is 9.96. The Hall–Kier alpha value is -0.745. The highest BCUT2D eigenvalue weighted by molar-refractivity contribution is 6.11. The van der Waals surface area contributed by atoms with E-state index in [9.17, 15) is 0 Å². The molecule has 0 saturated carbocycles. The highest BCUT2D eigenvalue weighted by Gasteiger charge is 2.32. The molecule has 0 N–H and O–H groups in total. The van der Waals surface area contributed by atoms with E-state index in [0.29, 0.717) is 6.61 Å². The average molecular weight is 199 g/mol. The maximum atomic E-state index is 8.02. The molecule has 6 nitrogen and oxygen atoms in total. The monoisotopic (exact) mass is 199 g/mol. The molecule has 78 valence electrons. The third-order valence-electron chi connectivity index (χ3n) is 2.18. The zero-order chi connectivity index (χ0) is 10.4. The molecule has 0 spiro atoms. The van der Waals surface area contributed by atoms with E-state index < -0.39 is 0 Å². The molecule has 14 heavy (non-hydrogen) atoms. The molecule has 1 saturated heterocycles. The minimum atomic E-state index is -0.0520. The smallest absolute Gasteiger partial charge is 0.139 e. The Kier molecular flexibility index (Phi) is 4.75. The van der Waals surface area contributed by atoms with Crippen molar-refractivity contribution in [3.8, 4) is 0 Å². The van der Waals surface area contributed by atoms with E-state index in [-0.39, 0.29) is 24.9 Å². The quantitative estimate of drug-likeness (QED) is 0.206. The van der Waals surface area contributed by atoms with Crippen LogP contribution in [0.5, 0.6) is 0 Å². The molecule has 0 amide bonds. The summed E-state index contributed by atoms with van der Waals surface area (Å²) in [6.07, 6.45) is 0.909. The predicted molar refractivity (Wildman–Crippen MR) is 52.6 cm³/mol. The van der Waals surface area contributed by atoms with Crippen LogP contribution in [-0.2, 0) is 14.2 Å². The first kappa shape index (κ1) is 11.3. The molecule has 0 aliphatic carbocycles. The summed E-state index contributed by atoms with van der Waals surface area (Å²) in [5.41, 5.74) is 8.02. The lowest BCUT2D eigenvalue weighted by molar-refractivity contribution is -0.0413. The minimum absolute atomic E-state index is 0.0428. The molecule has 3 atom stereocenters. The van der Waals surface area contributed by atoms with Crippen molar-refractivity contribution in [3.63, 3.8) is 0 Å². The molecular weight excluding hydrogens is 185 g/mol. The Morgan fingerprint density at radius 2 is 2.50 bits per heavy atom. The first-order valence-electron chi connectivity index (χ1n) is 4.54. The van der Waals surface area contributed by atoms with E-state index in [1.807, 2.05) is 7.85 Å². The summed E-state index contributed by atoms with van der Waals surface area (Å²) in [5, 5.41) is 3.26. The second-order valence-corrected chi connectivity index (χ2v) is 3.23. The van der Waals surface area contributed by atoms with Crippen molar-refractivity contribution in [3.05, 3.63) is 10.4 Å². The first-order chi connectivity index (χ1) is 6.77. The van der Waals surface area contributed by atoms with Crippen molar-refractivity contribution in [1.29, 1.82) is 0 Å². The van der Waals surface area contributed by atoms with Crippen molar-refractivity contribution < 1.29 is 14.2 Å². The molecule has 7 heteroatoms. The van der Waals surface area contributed by atoms with Crippen molar-refractivity contribution in [2.75, 3.05) is 20.4 Å². The van der Waals surface area contributed by atoms with E-state index in [1.54, 1.807) is 7.11 Å². The highest BCUT2D eigenvalue weighted by Crippen LogP contribution is 2.21. The van der Waals surface area contributed by atoms with E-state index in [1.165, 1.54) is 0 Å². The summed E-state index contributed by atoms with van der Waals surface area (Å²) < 4.78 is 15.9. The van der Waals surface area contributed by atoms with Crippen LogP contribution in [0.2, 0.25) is 0 Å². The van der Waals surface area contributed by atoms with Gasteiger partial charge in [-0.2, -0.15) is 0 Å². The number of hydrogen-bond donors (Lipinski definition) is 0. The summed E-state index contributed by atoms with van der Waals surface area (Å²) in [7, 11) is 3.66. The van der Waals surface area contributed by atoms with Gasteiger partial charge in [-0.25, -0.2) is 0 Å². The zero-order valence-corrected chi connectivity index (χ0v) is 8.42. The Labute approximate surface area is 83.5 Å². The molecule has 0 aromatic heterocycles. The van der Waals surface area contributed by atoms with Crippen LogP contribution in [0.15, 0.2) is 5.11 Å². The second kappa shape index (κ2) is 5.88. The van der Waals surface area contributed by atoms with E-state index >= 15 is 0 Å². The molecule has 0 aromatic carbocycles. The Morgan fingerprint density at radius 1 is 1.71 bits per heavy atom. The fourth-order valence-corrected chi connectivity index (χ4v) is 1.55. The fraction of sp³-hybridized carbons (Fsp3) is 1.00. The van der Waals surface area contributed by atoms with Crippen LogP contribution in [0.25, 0.3) is 10.4 Å². The van der Waals surface area contributed by atoms with Crippen LogP contribution in [0.4, 0.5) is 0 Å². The maximum absolute atomic E-state index is 8.02. The van der Waals surface area contributed by atoms with Gasteiger partial charge in [0.2, 0.25) is 0 Å². The van der Waals surface area contributed by atoms with Crippen LogP contribution in [0.1, 0.15) is 6.42 Å². The van der Waals surface area contributed by atoms with E-state index in [2.05, 4.69) is 10.0 Å². The van der Waals surface area contributed by atoms with E-state index in [4.69, 9.17) is 19.7 Å². The molecule has 1 heterocycles. The van der Waals surface area contributed by atoms with Crippen LogP contribution >= 0.6 is 0 Å². The van der Waals surface area contributed by atoms with Crippen molar-refractivity contribution >= 4 is 7.85 Å². The van der Waals surface area contributed by atoms with Crippen molar-refractivity contribution in [2.45, 2.75) is 24.6 Å². The maximum Gasteiger partial charge on any atom is 0.139 e. The number of hydrogen-bond acceptors (Lipinski definition) is 4. The van der Waals surface area contributed by atoms with Gasteiger partial charge in [-0.15, -0.1) is 0 Å². The standard InChI is InChI=1S/C7H14BN3O3/c1-12-5-2-7(8)14-6(5)3-13-4-10-11-9/h5-7H,2-4,8H2,1H3/t5-,6-,7-/m1/s1. The van der Waals surface area contributed by atoms with Gasteiger partial charge in [0.05, 0.1) is 12.7 Å². The number of azide groups is 1. The average Bonchev–Trinajstić information content (AvgIpc) is 2.54. The van der Waals surface area contributed by atoms with Gasteiger partial charge < -0.3 is 14.2 Å². The lowest BCUT2D eigenvalue weighted by Gasteiger charge is -2.16. The largest absolute Gasteiger partial charge is 0.379 e. The molecule has 1 aliphatic heterocycles. The third-order valence-corrected chi connectivity index (χ3v) is 2.18. The summed E-state index contributed by atoms with van der Waals surface area (Å²) in [5.74, 6) is 0. The highest BCUT2D eigenvalue weighted by atomic mass is 16.6. The van der Waals surface area contributed by atoms with Gasteiger partial charge in [0.25, 0.3) is 0 Å².